The largest absolute Gasteiger partial charge is 0.494 e. The maximum absolute atomic E-state index is 12.1. The van der Waals surface area contributed by atoms with Gasteiger partial charge in [-0.25, -0.2) is 8.42 Å². The van der Waals surface area contributed by atoms with E-state index in [-0.39, 0.29) is 17.1 Å². The van der Waals surface area contributed by atoms with Crippen LogP contribution in [0, 0.1) is 11.3 Å². The topological polar surface area (TPSA) is 96.3 Å². The van der Waals surface area contributed by atoms with Crippen LogP contribution in [0.4, 0.5) is 0 Å². The van der Waals surface area contributed by atoms with Gasteiger partial charge in [-0.2, -0.15) is 5.26 Å². The first-order valence-electron chi connectivity index (χ1n) is 7.79. The summed E-state index contributed by atoms with van der Waals surface area (Å²) < 4.78 is 28.3. The lowest BCUT2D eigenvalue weighted by Crippen LogP contribution is -2.36. The molecule has 1 aliphatic rings. The first kappa shape index (κ1) is 18.0. The van der Waals surface area contributed by atoms with E-state index < -0.39 is 21.8 Å². The van der Waals surface area contributed by atoms with Crippen LogP contribution >= 0.6 is 0 Å². The Morgan fingerprint density at radius 1 is 1.42 bits per heavy atom. The number of rotatable bonds is 6. The van der Waals surface area contributed by atoms with Gasteiger partial charge in [-0.3, -0.25) is 4.79 Å². The lowest BCUT2D eigenvalue weighted by atomic mass is 10.1. The number of amides is 1. The van der Waals surface area contributed by atoms with Crippen molar-refractivity contribution in [2.24, 2.45) is 0 Å². The Morgan fingerprint density at radius 2 is 2.12 bits per heavy atom. The molecule has 1 amide bonds. The summed E-state index contributed by atoms with van der Waals surface area (Å²) in [7, 11) is -3.08. The van der Waals surface area contributed by atoms with E-state index in [1.165, 1.54) is 6.08 Å². The SMILES string of the molecule is CCCOc1ccc(/C=C(\C#N)C(=O)NC2CCS(=O)(=O)C2)cc1. The van der Waals surface area contributed by atoms with Gasteiger partial charge in [-0.05, 0) is 36.6 Å². The summed E-state index contributed by atoms with van der Waals surface area (Å²) in [6, 6.07) is 8.51. The molecule has 0 spiro atoms. The van der Waals surface area contributed by atoms with Gasteiger partial charge < -0.3 is 10.1 Å². The molecule has 0 aliphatic carbocycles. The van der Waals surface area contributed by atoms with Crippen molar-refractivity contribution in [3.05, 3.63) is 35.4 Å². The Labute approximate surface area is 142 Å². The van der Waals surface area contributed by atoms with E-state index in [0.717, 1.165) is 12.2 Å². The Bertz CT molecular complexity index is 761. The monoisotopic (exact) mass is 348 g/mol. The van der Waals surface area contributed by atoms with Gasteiger partial charge in [0.05, 0.1) is 18.1 Å². The lowest BCUT2D eigenvalue weighted by Gasteiger charge is -2.10. The molecule has 6 nitrogen and oxygen atoms in total. The first-order chi connectivity index (χ1) is 11.4. The molecule has 7 heteroatoms. The number of nitriles is 1. The molecule has 1 N–H and O–H groups in total. The van der Waals surface area contributed by atoms with Crippen LogP contribution in [0.5, 0.6) is 5.75 Å². The van der Waals surface area contributed by atoms with Crippen molar-refractivity contribution in [2.45, 2.75) is 25.8 Å². The number of hydrogen-bond acceptors (Lipinski definition) is 5. The zero-order valence-corrected chi connectivity index (χ0v) is 14.3. The molecule has 1 atom stereocenters. The van der Waals surface area contributed by atoms with Crippen molar-refractivity contribution in [3.63, 3.8) is 0 Å². The quantitative estimate of drug-likeness (QED) is 0.623. The van der Waals surface area contributed by atoms with Crippen molar-refractivity contribution in [1.82, 2.24) is 5.32 Å². The highest BCUT2D eigenvalue weighted by Crippen LogP contribution is 2.16. The fourth-order valence-corrected chi connectivity index (χ4v) is 4.04. The van der Waals surface area contributed by atoms with Crippen molar-refractivity contribution >= 4 is 21.8 Å². The summed E-state index contributed by atoms with van der Waals surface area (Å²) in [6.07, 6.45) is 2.77. The van der Waals surface area contributed by atoms with Crippen LogP contribution in [0.3, 0.4) is 0 Å². The molecule has 0 saturated carbocycles. The van der Waals surface area contributed by atoms with Crippen LogP contribution in [-0.4, -0.2) is 38.5 Å². The van der Waals surface area contributed by atoms with E-state index in [1.54, 1.807) is 24.3 Å². The Balaban J connectivity index is 2.03. The molecule has 128 valence electrons. The zero-order chi connectivity index (χ0) is 17.6. The molecule has 1 saturated heterocycles. The predicted octanol–water partition coefficient (Wildman–Crippen LogP) is 1.69. The van der Waals surface area contributed by atoms with Crippen LogP contribution in [0.15, 0.2) is 29.8 Å². The van der Waals surface area contributed by atoms with Crippen molar-refractivity contribution in [3.8, 4) is 11.8 Å². The summed E-state index contributed by atoms with van der Waals surface area (Å²) in [6.45, 7) is 2.65. The number of carbonyl (C=O) groups is 1. The van der Waals surface area contributed by atoms with Crippen LogP contribution in [0.2, 0.25) is 0 Å². The zero-order valence-electron chi connectivity index (χ0n) is 13.5. The third-order valence-electron chi connectivity index (χ3n) is 3.60. The summed E-state index contributed by atoms with van der Waals surface area (Å²) in [5.74, 6) is 0.183. The highest BCUT2D eigenvalue weighted by molar-refractivity contribution is 7.91. The molecule has 1 heterocycles. The second-order valence-corrected chi connectivity index (χ2v) is 7.89. The summed E-state index contributed by atoms with van der Waals surface area (Å²) in [5.41, 5.74) is 0.645. The lowest BCUT2D eigenvalue weighted by molar-refractivity contribution is -0.117. The summed E-state index contributed by atoms with van der Waals surface area (Å²) in [4.78, 5) is 12.1. The summed E-state index contributed by atoms with van der Waals surface area (Å²) in [5, 5.41) is 11.8. The normalized spacial score (nSPS) is 19.5. The molecule has 2 rings (SSSR count). The van der Waals surface area contributed by atoms with Crippen LogP contribution < -0.4 is 10.1 Å². The minimum Gasteiger partial charge on any atom is -0.494 e. The fourth-order valence-electron chi connectivity index (χ4n) is 2.37. The van der Waals surface area contributed by atoms with Crippen molar-refractivity contribution in [2.75, 3.05) is 18.1 Å². The van der Waals surface area contributed by atoms with Gasteiger partial charge in [0, 0.05) is 6.04 Å². The van der Waals surface area contributed by atoms with Gasteiger partial charge in [-0.1, -0.05) is 19.1 Å². The number of carbonyl (C=O) groups excluding carboxylic acids is 1. The highest BCUT2D eigenvalue weighted by Gasteiger charge is 2.29. The average molecular weight is 348 g/mol. The maximum Gasteiger partial charge on any atom is 0.262 e. The molecule has 1 aromatic carbocycles. The second-order valence-electron chi connectivity index (χ2n) is 5.66. The molecule has 0 aromatic heterocycles. The Kier molecular flexibility index (Phi) is 5.99. The van der Waals surface area contributed by atoms with Crippen molar-refractivity contribution < 1.29 is 17.9 Å². The van der Waals surface area contributed by atoms with Crippen molar-refractivity contribution in [1.29, 1.82) is 5.26 Å². The highest BCUT2D eigenvalue weighted by atomic mass is 32.2. The number of hydrogen-bond donors (Lipinski definition) is 1. The van der Waals surface area contributed by atoms with Gasteiger partial charge in [0.25, 0.3) is 5.91 Å². The van der Waals surface area contributed by atoms with Crippen LogP contribution in [-0.2, 0) is 14.6 Å². The Hall–Kier alpha value is -2.33. The third kappa shape index (κ3) is 5.10. The van der Waals surface area contributed by atoms with E-state index in [0.29, 0.717) is 18.6 Å². The minimum absolute atomic E-state index is 0.0541. The smallest absolute Gasteiger partial charge is 0.262 e. The fraction of sp³-hybridized carbons (Fsp3) is 0.412. The third-order valence-corrected chi connectivity index (χ3v) is 5.36. The second kappa shape index (κ2) is 7.97. The molecule has 24 heavy (non-hydrogen) atoms. The molecule has 1 aromatic rings. The number of sulfone groups is 1. The average Bonchev–Trinajstić information content (AvgIpc) is 2.90. The maximum atomic E-state index is 12.1. The van der Waals surface area contributed by atoms with E-state index in [1.807, 2.05) is 13.0 Å². The standard InChI is InChI=1S/C17H20N2O4S/c1-2-8-23-16-5-3-13(4-6-16)10-14(11-18)17(20)19-15-7-9-24(21,22)12-15/h3-6,10,15H,2,7-9,12H2,1H3,(H,19,20)/b14-10+. The first-order valence-corrected chi connectivity index (χ1v) is 9.61. The van der Waals surface area contributed by atoms with Crippen LogP contribution in [0.1, 0.15) is 25.3 Å². The van der Waals surface area contributed by atoms with Gasteiger partial charge in [0.2, 0.25) is 0 Å². The van der Waals surface area contributed by atoms with Gasteiger partial charge >= 0.3 is 0 Å². The molecular formula is C17H20N2O4S. The van der Waals surface area contributed by atoms with E-state index >= 15 is 0 Å². The van der Waals surface area contributed by atoms with Gasteiger partial charge in [0.15, 0.2) is 9.84 Å². The summed E-state index contributed by atoms with van der Waals surface area (Å²) >= 11 is 0. The number of benzene rings is 1. The van der Waals surface area contributed by atoms with Gasteiger partial charge in [0.1, 0.15) is 17.4 Å². The molecule has 0 radical (unpaired) electrons. The Morgan fingerprint density at radius 3 is 2.67 bits per heavy atom. The molecule has 0 bridgehead atoms. The minimum atomic E-state index is -3.08. The number of ether oxygens (including phenoxy) is 1. The van der Waals surface area contributed by atoms with E-state index in [2.05, 4.69) is 5.32 Å². The molecule has 1 unspecified atom stereocenters. The number of nitrogens with zero attached hydrogens (tertiary/aromatic N) is 1. The van der Waals surface area contributed by atoms with Crippen LogP contribution in [0.25, 0.3) is 6.08 Å². The van der Waals surface area contributed by atoms with Gasteiger partial charge in [-0.15, -0.1) is 0 Å². The molecule has 1 aliphatic heterocycles. The van der Waals surface area contributed by atoms with E-state index in [4.69, 9.17) is 4.74 Å². The molecule has 1 fully saturated rings. The molecular weight excluding hydrogens is 328 g/mol. The predicted molar refractivity (Wildman–Crippen MR) is 91.0 cm³/mol. The number of nitrogens with one attached hydrogen (secondary N) is 1. The van der Waals surface area contributed by atoms with E-state index in [9.17, 15) is 18.5 Å².